The number of nitrogens with zero attached hydrogens (tertiary/aromatic N) is 4. The van der Waals surface area contributed by atoms with Crippen LogP contribution in [-0.2, 0) is 10.8 Å². The standard InChI is InChI=1S/C52H40N4O/c1-50-27-25-36(41-22-19-34-16-15-32-10-8-28-53-46(32)47(34)55-41)31-44(50)52(39-13-5-4-12-38(39)50)40-30-37(21-24-43(40)57-45-14-6-7-26-51(45,52)2)42-23-20-35-18-17-33-11-9-29-54-48(33)49(35)56(42)3/h4-25,27-31,44,49H,26H2,1-3H3. The Balaban J connectivity index is 1.09. The molecule has 0 radical (unpaired) electrons. The number of fused-ring (bicyclic) bond motifs is 15. The summed E-state index contributed by atoms with van der Waals surface area (Å²) in [4.78, 5) is 17.4. The summed E-state index contributed by atoms with van der Waals surface area (Å²) in [6.45, 7) is 4.88. The van der Waals surface area contributed by atoms with Gasteiger partial charge in [-0.2, -0.15) is 0 Å². The normalized spacial score (nSPS) is 27.3. The van der Waals surface area contributed by atoms with Crippen LogP contribution in [0.15, 0.2) is 169 Å². The molecule has 1 spiro atoms. The van der Waals surface area contributed by atoms with E-state index in [1.807, 2.05) is 24.5 Å². The van der Waals surface area contributed by atoms with Gasteiger partial charge in [-0.15, -0.1) is 0 Å². The maximum atomic E-state index is 7.04. The lowest BCUT2D eigenvalue weighted by Gasteiger charge is -2.56. The molecular formula is C52H40N4O. The van der Waals surface area contributed by atoms with Gasteiger partial charge in [-0.25, -0.2) is 4.98 Å². The Labute approximate surface area is 332 Å². The highest BCUT2D eigenvalue weighted by Crippen LogP contribution is 2.72. The van der Waals surface area contributed by atoms with Crippen molar-refractivity contribution in [1.29, 1.82) is 0 Å². The highest BCUT2D eigenvalue weighted by molar-refractivity contribution is 6.03. The molecule has 6 aromatic rings. The largest absolute Gasteiger partial charge is 0.461 e. The number of rotatable bonds is 2. The van der Waals surface area contributed by atoms with Crippen LogP contribution >= 0.6 is 0 Å². The average Bonchev–Trinajstić information content (AvgIpc) is 3.49. The number of allylic oxidation sites excluding steroid dienone is 10. The Morgan fingerprint density at radius 3 is 2.49 bits per heavy atom. The molecule has 274 valence electrons. The van der Waals surface area contributed by atoms with Crippen LogP contribution < -0.4 is 4.74 Å². The van der Waals surface area contributed by atoms with Crippen LogP contribution in [0.3, 0.4) is 0 Å². The van der Waals surface area contributed by atoms with Gasteiger partial charge in [0.05, 0.1) is 28.5 Å². The monoisotopic (exact) mass is 736 g/mol. The molecule has 3 aromatic carbocycles. The number of likely N-dealkylation sites (N-methyl/N-ethyl adjacent to an activating group) is 1. The smallest absolute Gasteiger partial charge is 0.131 e. The third-order valence-corrected chi connectivity index (χ3v) is 14.1. The number of ether oxygens (including phenoxy) is 1. The van der Waals surface area contributed by atoms with Crippen molar-refractivity contribution >= 4 is 39.2 Å². The summed E-state index contributed by atoms with van der Waals surface area (Å²) in [6, 6.07) is 33.1. The summed E-state index contributed by atoms with van der Waals surface area (Å²) in [5, 5.41) is 2.19. The van der Waals surface area contributed by atoms with Crippen molar-refractivity contribution in [2.75, 3.05) is 7.05 Å². The molecule has 0 saturated heterocycles. The molecule has 12 rings (SSSR count). The van der Waals surface area contributed by atoms with E-state index in [0.29, 0.717) is 0 Å². The third-order valence-electron chi connectivity index (χ3n) is 14.1. The van der Waals surface area contributed by atoms with Crippen LogP contribution in [-0.4, -0.2) is 26.9 Å². The van der Waals surface area contributed by atoms with Crippen molar-refractivity contribution in [1.82, 2.24) is 19.9 Å². The van der Waals surface area contributed by atoms with Gasteiger partial charge in [-0.3, -0.25) is 9.97 Å². The minimum absolute atomic E-state index is 0.0363. The summed E-state index contributed by atoms with van der Waals surface area (Å²) in [5.41, 5.74) is 12.6. The topological polar surface area (TPSA) is 51.1 Å². The van der Waals surface area contributed by atoms with Gasteiger partial charge in [0.2, 0.25) is 0 Å². The SMILES string of the molecule is CN1C(c2ccc3c(c2)C2(c4ccccc4C4(C)C=CC(c5ccc6ccc7cccnc7c6n5)=CC42)C2(C)CC=CC=C2O3)=CC=C2C=Cc3cccnc3C21. The van der Waals surface area contributed by atoms with E-state index in [1.165, 1.54) is 39.1 Å². The van der Waals surface area contributed by atoms with Crippen molar-refractivity contribution in [2.24, 2.45) is 11.3 Å². The maximum Gasteiger partial charge on any atom is 0.131 e. The molecule has 0 amide bonds. The fourth-order valence-corrected chi connectivity index (χ4v) is 11.3. The first-order valence-electron chi connectivity index (χ1n) is 20.0. The number of aromatic nitrogens is 3. The molecule has 5 heterocycles. The van der Waals surface area contributed by atoms with E-state index in [1.54, 1.807) is 0 Å². The lowest BCUT2D eigenvalue weighted by molar-refractivity contribution is 0.0870. The van der Waals surface area contributed by atoms with Crippen LogP contribution in [0.1, 0.15) is 65.5 Å². The molecule has 4 aliphatic carbocycles. The number of pyridine rings is 3. The zero-order chi connectivity index (χ0) is 38.1. The molecule has 5 nitrogen and oxygen atoms in total. The molecule has 0 N–H and O–H groups in total. The van der Waals surface area contributed by atoms with E-state index in [2.05, 4.69) is 165 Å². The van der Waals surface area contributed by atoms with E-state index >= 15 is 0 Å². The van der Waals surface area contributed by atoms with Gasteiger partial charge in [-0.05, 0) is 88.4 Å². The summed E-state index contributed by atoms with van der Waals surface area (Å²) in [5.74, 6) is 1.99. The van der Waals surface area contributed by atoms with E-state index < -0.39 is 5.41 Å². The van der Waals surface area contributed by atoms with Gasteiger partial charge < -0.3 is 9.64 Å². The molecule has 0 bridgehead atoms. The lowest BCUT2D eigenvalue weighted by atomic mass is 9.48. The Morgan fingerprint density at radius 1 is 0.754 bits per heavy atom. The second-order valence-electron chi connectivity index (χ2n) is 16.8. The minimum atomic E-state index is -0.476. The highest BCUT2D eigenvalue weighted by Gasteiger charge is 2.68. The third kappa shape index (κ3) is 4.21. The van der Waals surface area contributed by atoms with E-state index in [0.717, 1.165) is 56.7 Å². The first-order valence-corrected chi connectivity index (χ1v) is 20.0. The summed E-state index contributed by atoms with van der Waals surface area (Å²) in [7, 11) is 2.21. The number of hydrogen-bond acceptors (Lipinski definition) is 5. The highest BCUT2D eigenvalue weighted by atomic mass is 16.5. The Morgan fingerprint density at radius 2 is 1.58 bits per heavy atom. The Hall–Kier alpha value is -6.59. The van der Waals surface area contributed by atoms with Gasteiger partial charge in [0.25, 0.3) is 0 Å². The van der Waals surface area contributed by atoms with Gasteiger partial charge >= 0.3 is 0 Å². The van der Waals surface area contributed by atoms with Crippen molar-refractivity contribution in [2.45, 2.75) is 37.1 Å². The molecule has 0 fully saturated rings. The van der Waals surface area contributed by atoms with Gasteiger partial charge in [-0.1, -0.05) is 117 Å². The molecule has 57 heavy (non-hydrogen) atoms. The quantitative estimate of drug-likeness (QED) is 0.166. The Bertz CT molecular complexity index is 3000. The molecule has 6 aliphatic rings. The van der Waals surface area contributed by atoms with Crippen LogP contribution in [0, 0.1) is 11.3 Å². The number of hydrogen-bond donors (Lipinski definition) is 0. The predicted molar refractivity (Wildman–Crippen MR) is 229 cm³/mol. The van der Waals surface area contributed by atoms with Gasteiger partial charge in [0.15, 0.2) is 0 Å². The van der Waals surface area contributed by atoms with Crippen LogP contribution in [0.2, 0.25) is 0 Å². The summed E-state index contributed by atoms with van der Waals surface area (Å²) >= 11 is 0. The lowest BCUT2D eigenvalue weighted by Crippen LogP contribution is -2.55. The van der Waals surface area contributed by atoms with E-state index in [9.17, 15) is 0 Å². The molecule has 5 heteroatoms. The maximum absolute atomic E-state index is 7.04. The minimum Gasteiger partial charge on any atom is -0.461 e. The predicted octanol–water partition coefficient (Wildman–Crippen LogP) is 11.2. The van der Waals surface area contributed by atoms with Crippen molar-refractivity contribution in [3.05, 3.63) is 209 Å². The summed E-state index contributed by atoms with van der Waals surface area (Å²) < 4.78 is 7.04. The van der Waals surface area contributed by atoms with Crippen LogP contribution in [0.4, 0.5) is 0 Å². The van der Waals surface area contributed by atoms with Crippen LogP contribution in [0.25, 0.3) is 39.2 Å². The van der Waals surface area contributed by atoms with Gasteiger partial charge in [0.1, 0.15) is 11.5 Å². The second-order valence-corrected chi connectivity index (χ2v) is 16.8. The molecule has 5 unspecified atom stereocenters. The first-order chi connectivity index (χ1) is 27.9. The molecule has 0 saturated carbocycles. The second kappa shape index (κ2) is 11.5. The van der Waals surface area contributed by atoms with E-state index in [-0.39, 0.29) is 22.8 Å². The number of benzene rings is 3. The fourth-order valence-electron chi connectivity index (χ4n) is 11.3. The van der Waals surface area contributed by atoms with E-state index in [4.69, 9.17) is 19.7 Å². The Kier molecular flexibility index (Phi) is 6.58. The molecule has 3 aromatic heterocycles. The first kappa shape index (κ1) is 32.6. The van der Waals surface area contributed by atoms with Crippen LogP contribution in [0.5, 0.6) is 5.75 Å². The van der Waals surface area contributed by atoms with Crippen molar-refractivity contribution in [3.8, 4) is 5.75 Å². The van der Waals surface area contributed by atoms with Gasteiger partial charge in [0, 0.05) is 63.6 Å². The molecule has 2 aliphatic heterocycles. The fraction of sp³-hybridized carbons (Fsp3) is 0.173. The molecule has 5 atom stereocenters. The van der Waals surface area contributed by atoms with Crippen molar-refractivity contribution in [3.63, 3.8) is 0 Å². The average molecular weight is 737 g/mol. The molecular weight excluding hydrogens is 697 g/mol. The van der Waals surface area contributed by atoms with Crippen molar-refractivity contribution < 1.29 is 4.74 Å². The zero-order valence-corrected chi connectivity index (χ0v) is 32.1. The summed E-state index contributed by atoms with van der Waals surface area (Å²) in [6.07, 6.45) is 27.6. The zero-order valence-electron chi connectivity index (χ0n) is 32.1.